The first kappa shape index (κ1) is 32.7. The van der Waals surface area contributed by atoms with Gasteiger partial charge >= 0.3 is 0 Å². The average molecular weight is 627 g/mol. The number of rotatable bonds is 8. The quantitative estimate of drug-likeness (QED) is 0.208. The van der Waals surface area contributed by atoms with Gasteiger partial charge in [0.2, 0.25) is 0 Å². The molecule has 0 unspecified atom stereocenters. The van der Waals surface area contributed by atoms with Crippen LogP contribution in [0.2, 0.25) is 0 Å². The Morgan fingerprint density at radius 3 is 2.36 bits per heavy atom. The molecule has 0 aliphatic heterocycles. The average Bonchev–Trinajstić information content (AvgIpc) is 3.01. The van der Waals surface area contributed by atoms with E-state index in [1.165, 1.54) is 12.0 Å². The van der Waals surface area contributed by atoms with Crippen LogP contribution < -0.4 is 0 Å². The Kier molecular flexibility index (Phi) is 7.71. The summed E-state index contributed by atoms with van der Waals surface area (Å²) < 4.78 is 0. The minimum absolute atomic E-state index is 0.0127. The largest absolute Gasteiger partial charge is 0.396 e. The van der Waals surface area contributed by atoms with E-state index in [4.69, 9.17) is 0 Å². The topological polar surface area (TPSA) is 118 Å². The fourth-order valence-corrected chi connectivity index (χ4v) is 15.0. The summed E-state index contributed by atoms with van der Waals surface area (Å²) in [5.41, 5.74) is -1.32. The zero-order chi connectivity index (χ0) is 32.3. The van der Waals surface area contributed by atoms with Crippen LogP contribution in [-0.2, 0) is 4.79 Å². The third kappa shape index (κ3) is 3.79. The Morgan fingerprint density at radius 2 is 1.64 bits per heavy atom. The highest BCUT2D eigenvalue weighted by Gasteiger charge is 2.80. The first-order chi connectivity index (χ1) is 21.3. The van der Waals surface area contributed by atoms with Crippen molar-refractivity contribution >= 4 is 5.78 Å². The molecule has 6 heteroatoms. The van der Waals surface area contributed by atoms with Crippen molar-refractivity contribution in [2.75, 3.05) is 13.2 Å². The molecule has 0 aromatic rings. The van der Waals surface area contributed by atoms with E-state index in [1.807, 2.05) is 6.92 Å². The molecule has 45 heavy (non-hydrogen) atoms. The highest BCUT2D eigenvalue weighted by Crippen LogP contribution is 2.84. The lowest BCUT2D eigenvalue weighted by molar-refractivity contribution is -0.280. The zero-order valence-corrected chi connectivity index (χ0v) is 28.6. The van der Waals surface area contributed by atoms with Crippen molar-refractivity contribution in [1.29, 1.82) is 0 Å². The minimum atomic E-state index is -1.04. The van der Waals surface area contributed by atoms with E-state index in [1.54, 1.807) is 0 Å². The predicted octanol–water partition coefficient (Wildman–Crippen LogP) is 6.11. The van der Waals surface area contributed by atoms with E-state index in [-0.39, 0.29) is 51.3 Å². The van der Waals surface area contributed by atoms with E-state index in [0.717, 1.165) is 89.9 Å². The predicted molar refractivity (Wildman–Crippen MR) is 174 cm³/mol. The molecule has 6 saturated carbocycles. The molecule has 0 aromatic carbocycles. The van der Waals surface area contributed by atoms with E-state index < -0.39 is 35.7 Å². The second-order valence-corrected chi connectivity index (χ2v) is 18.4. The van der Waals surface area contributed by atoms with E-state index >= 15 is 4.79 Å². The summed E-state index contributed by atoms with van der Waals surface area (Å²) >= 11 is 0. The fourth-order valence-electron chi connectivity index (χ4n) is 15.0. The van der Waals surface area contributed by atoms with Gasteiger partial charge in [-0.25, -0.2) is 0 Å². The molecule has 7 aliphatic carbocycles. The summed E-state index contributed by atoms with van der Waals surface area (Å²) in [4.78, 5) is 15.3. The molecular weight excluding hydrogens is 564 g/mol. The molecule has 13 atom stereocenters. The van der Waals surface area contributed by atoms with Crippen LogP contribution in [0.1, 0.15) is 137 Å². The number of allylic oxidation sites excluding steroid dienone is 2. The number of hydrogen-bond donors (Lipinski definition) is 5. The molecule has 0 aromatic heterocycles. The van der Waals surface area contributed by atoms with Crippen LogP contribution in [0.4, 0.5) is 0 Å². The molecule has 254 valence electrons. The Labute approximate surface area is 271 Å². The summed E-state index contributed by atoms with van der Waals surface area (Å²) in [6.45, 7) is 8.62. The molecule has 0 radical (unpaired) electrons. The standard InChI is InChI=1S/C39H62O6/c1-5-6-7-8-13-36-16-12-29(43)35(4,31(45)22-40)27(36)11-15-34(3)32(36)26(42)20-28-37(34)17-10-25-9-14-33(2)18-19-38(24-41,30(44)21-37)39(25,28)23-33/h20,25,27,29-32,40-41,43-45H,5-19,21-24H2,1-4H3/t25-,27-,29+,30+,31-,32+,33-,34-,35+,36+,37-,38+,39+/m1/s1. The number of ketones is 1. The maximum Gasteiger partial charge on any atom is 0.159 e. The Hall–Kier alpha value is -0.790. The number of aliphatic hydroxyl groups excluding tert-OH is 5. The van der Waals surface area contributed by atoms with Gasteiger partial charge in [0.25, 0.3) is 0 Å². The van der Waals surface area contributed by atoms with Gasteiger partial charge in [-0.2, -0.15) is 0 Å². The maximum absolute atomic E-state index is 15.3. The van der Waals surface area contributed by atoms with Crippen LogP contribution >= 0.6 is 0 Å². The van der Waals surface area contributed by atoms with Crippen molar-refractivity contribution in [3.8, 4) is 0 Å². The van der Waals surface area contributed by atoms with Crippen LogP contribution in [0, 0.1) is 55.7 Å². The Balaban J connectivity index is 1.43. The van der Waals surface area contributed by atoms with Crippen molar-refractivity contribution < 1.29 is 30.3 Å². The molecule has 1 spiro atoms. The van der Waals surface area contributed by atoms with Gasteiger partial charge < -0.3 is 25.5 Å². The molecule has 5 N–H and O–H groups in total. The number of aliphatic hydroxyl groups is 5. The van der Waals surface area contributed by atoms with Crippen LogP contribution in [0.15, 0.2) is 11.6 Å². The van der Waals surface area contributed by atoms with Gasteiger partial charge in [0.1, 0.15) is 0 Å². The van der Waals surface area contributed by atoms with E-state index in [2.05, 4.69) is 26.8 Å². The summed E-state index contributed by atoms with van der Waals surface area (Å²) in [7, 11) is 0. The van der Waals surface area contributed by atoms with Crippen molar-refractivity contribution in [1.82, 2.24) is 0 Å². The van der Waals surface area contributed by atoms with Crippen molar-refractivity contribution in [2.45, 2.75) is 155 Å². The van der Waals surface area contributed by atoms with Crippen LogP contribution in [0.5, 0.6) is 0 Å². The van der Waals surface area contributed by atoms with Gasteiger partial charge in [0.15, 0.2) is 5.78 Å². The lowest BCUT2D eigenvalue weighted by Crippen LogP contribution is -2.76. The lowest BCUT2D eigenvalue weighted by atomic mass is 9.25. The molecule has 0 saturated heterocycles. The van der Waals surface area contributed by atoms with Gasteiger partial charge in [-0.05, 0) is 118 Å². The Bertz CT molecular complexity index is 1230. The van der Waals surface area contributed by atoms with Crippen LogP contribution in [-0.4, -0.2) is 62.8 Å². The monoisotopic (exact) mass is 626 g/mol. The fraction of sp³-hybridized carbons (Fsp3) is 0.923. The van der Waals surface area contributed by atoms with Crippen molar-refractivity contribution in [3.05, 3.63) is 11.6 Å². The normalized spacial score (nSPS) is 53.9. The van der Waals surface area contributed by atoms with E-state index in [0.29, 0.717) is 18.8 Å². The maximum atomic E-state index is 15.3. The Morgan fingerprint density at radius 1 is 0.889 bits per heavy atom. The molecule has 6 fully saturated rings. The van der Waals surface area contributed by atoms with Gasteiger partial charge in [-0.1, -0.05) is 59.0 Å². The highest BCUT2D eigenvalue weighted by molar-refractivity contribution is 5.96. The summed E-state index contributed by atoms with van der Waals surface area (Å²) in [5, 5.41) is 56.9. The van der Waals surface area contributed by atoms with Crippen molar-refractivity contribution in [3.63, 3.8) is 0 Å². The van der Waals surface area contributed by atoms with Crippen LogP contribution in [0.3, 0.4) is 0 Å². The second kappa shape index (κ2) is 10.6. The SMILES string of the molecule is CCCCCC[C@]12CC[C@H](O)[C@@](C)([C@H](O)CO)[C@H]1CC[C@]1(C)[C@@H]2C(=O)C=C2[C@]13CC[C@H]1CC[C@]4(C)CC[C@](CO)([C@@H](O)C3)[C@]21C4. The number of hydrogen-bond acceptors (Lipinski definition) is 6. The summed E-state index contributed by atoms with van der Waals surface area (Å²) in [6, 6.07) is 0. The third-order valence-electron chi connectivity index (χ3n) is 17.2. The third-order valence-corrected chi connectivity index (χ3v) is 17.2. The first-order valence-corrected chi connectivity index (χ1v) is 18.8. The molecule has 0 amide bonds. The zero-order valence-electron chi connectivity index (χ0n) is 28.6. The summed E-state index contributed by atoms with van der Waals surface area (Å²) in [5.74, 6) is 0.314. The van der Waals surface area contributed by atoms with Crippen LogP contribution in [0.25, 0.3) is 0 Å². The van der Waals surface area contributed by atoms with E-state index in [9.17, 15) is 25.5 Å². The highest BCUT2D eigenvalue weighted by atomic mass is 16.3. The van der Waals surface area contributed by atoms with Crippen molar-refractivity contribution in [2.24, 2.45) is 55.7 Å². The number of carbonyl (C=O) groups excluding carboxylic acids is 1. The molecule has 7 rings (SSSR count). The second-order valence-electron chi connectivity index (χ2n) is 18.4. The minimum Gasteiger partial charge on any atom is -0.396 e. The molecule has 7 aliphatic rings. The van der Waals surface area contributed by atoms with Gasteiger partial charge in [-0.3, -0.25) is 4.79 Å². The molecule has 6 nitrogen and oxygen atoms in total. The number of carbonyl (C=O) groups is 1. The lowest BCUT2D eigenvalue weighted by Gasteiger charge is -2.79. The smallest absolute Gasteiger partial charge is 0.159 e. The van der Waals surface area contributed by atoms with Gasteiger partial charge in [0, 0.05) is 27.6 Å². The molecular formula is C39H62O6. The molecule has 0 heterocycles. The molecule has 3 bridgehead atoms. The van der Waals surface area contributed by atoms with Gasteiger partial charge in [0.05, 0.1) is 31.5 Å². The summed E-state index contributed by atoms with van der Waals surface area (Å²) in [6.07, 6.45) is 15.9. The van der Waals surface area contributed by atoms with Gasteiger partial charge in [-0.15, -0.1) is 0 Å². The number of fused-ring (bicyclic) bond motifs is 4. The number of unbranched alkanes of at least 4 members (excludes halogenated alkanes) is 3. The first-order valence-electron chi connectivity index (χ1n) is 18.8.